The Balaban J connectivity index is 1.87. The maximum absolute atomic E-state index is 13.4. The minimum atomic E-state index is -0.111. The molecular weight excluding hydrogens is 396 g/mol. The molecule has 5 nitrogen and oxygen atoms in total. The molecule has 0 N–H and O–H groups in total. The third kappa shape index (κ3) is 3.78. The van der Waals surface area contributed by atoms with E-state index in [4.69, 9.17) is 14.5 Å². The molecule has 0 saturated heterocycles. The monoisotopic (exact) mass is 418 g/mol. The molecule has 4 rings (SSSR count). The van der Waals surface area contributed by atoms with E-state index < -0.39 is 0 Å². The number of aromatic nitrogens is 2. The van der Waals surface area contributed by atoms with Gasteiger partial charge in [-0.05, 0) is 42.3 Å². The van der Waals surface area contributed by atoms with Gasteiger partial charge >= 0.3 is 0 Å². The Hall–Kier alpha value is -3.25. The Morgan fingerprint density at radius 3 is 2.43 bits per heavy atom. The average Bonchev–Trinajstić information content (AvgIpc) is 2.78. The molecule has 0 fully saturated rings. The van der Waals surface area contributed by atoms with Gasteiger partial charge in [-0.2, -0.15) is 0 Å². The zero-order valence-electron chi connectivity index (χ0n) is 17.1. The van der Waals surface area contributed by atoms with E-state index in [0.29, 0.717) is 39.0 Å². The van der Waals surface area contributed by atoms with Crippen molar-refractivity contribution in [2.45, 2.75) is 17.8 Å². The van der Waals surface area contributed by atoms with Crippen molar-refractivity contribution in [2.75, 3.05) is 14.2 Å². The van der Waals surface area contributed by atoms with E-state index in [0.717, 1.165) is 0 Å². The van der Waals surface area contributed by atoms with E-state index in [9.17, 15) is 4.79 Å². The maximum atomic E-state index is 13.4. The first-order chi connectivity index (χ1) is 14.6. The maximum Gasteiger partial charge on any atom is 0.266 e. The number of rotatable bonds is 6. The Bertz CT molecular complexity index is 1270. The number of para-hydroxylation sites is 1. The molecule has 0 spiro atoms. The van der Waals surface area contributed by atoms with Crippen molar-refractivity contribution < 1.29 is 9.47 Å². The lowest BCUT2D eigenvalue weighted by Crippen LogP contribution is -2.21. The number of hydrogen-bond donors (Lipinski definition) is 0. The molecule has 6 heteroatoms. The zero-order valence-corrected chi connectivity index (χ0v) is 17.9. The van der Waals surface area contributed by atoms with Crippen LogP contribution in [-0.2, 0) is 5.75 Å². The largest absolute Gasteiger partial charge is 0.493 e. The number of methoxy groups -OCH3 is 2. The van der Waals surface area contributed by atoms with Crippen LogP contribution in [0.5, 0.6) is 11.5 Å². The van der Waals surface area contributed by atoms with Crippen LogP contribution < -0.4 is 15.0 Å². The van der Waals surface area contributed by atoms with Crippen LogP contribution in [-0.4, -0.2) is 23.8 Å². The lowest BCUT2D eigenvalue weighted by Gasteiger charge is -2.15. The number of nitrogens with zero attached hydrogens (tertiary/aromatic N) is 2. The van der Waals surface area contributed by atoms with Crippen molar-refractivity contribution >= 4 is 22.7 Å². The summed E-state index contributed by atoms with van der Waals surface area (Å²) in [7, 11) is 3.17. The third-order valence-corrected chi connectivity index (χ3v) is 5.98. The Morgan fingerprint density at radius 1 is 0.933 bits per heavy atom. The van der Waals surface area contributed by atoms with Gasteiger partial charge < -0.3 is 9.47 Å². The van der Waals surface area contributed by atoms with Gasteiger partial charge in [-0.1, -0.05) is 48.2 Å². The van der Waals surface area contributed by atoms with Gasteiger partial charge in [0.25, 0.3) is 5.56 Å². The zero-order chi connectivity index (χ0) is 21.1. The van der Waals surface area contributed by atoms with Gasteiger partial charge in [-0.15, -0.1) is 0 Å². The first kappa shape index (κ1) is 20.0. The Labute approximate surface area is 179 Å². The van der Waals surface area contributed by atoms with Gasteiger partial charge in [0.1, 0.15) is 0 Å². The van der Waals surface area contributed by atoms with Gasteiger partial charge in [0.2, 0.25) is 0 Å². The minimum Gasteiger partial charge on any atom is -0.493 e. The van der Waals surface area contributed by atoms with Crippen LogP contribution in [0.3, 0.4) is 0 Å². The van der Waals surface area contributed by atoms with E-state index in [2.05, 4.69) is 19.1 Å². The molecule has 1 heterocycles. The van der Waals surface area contributed by atoms with E-state index in [1.54, 1.807) is 48.7 Å². The molecule has 4 aromatic rings. The SMILES string of the molecule is COc1ccc(-n2c(SCc3ccccc3C)nc3ccccc3c2=O)cc1OC. The van der Waals surface area contributed by atoms with Crippen molar-refractivity contribution in [2.24, 2.45) is 0 Å². The molecule has 0 aliphatic heterocycles. The molecule has 0 atom stereocenters. The first-order valence-electron chi connectivity index (χ1n) is 9.54. The highest BCUT2D eigenvalue weighted by molar-refractivity contribution is 7.98. The van der Waals surface area contributed by atoms with Crippen molar-refractivity contribution in [1.29, 1.82) is 0 Å². The van der Waals surface area contributed by atoms with E-state index in [-0.39, 0.29) is 5.56 Å². The van der Waals surface area contributed by atoms with Crippen LogP contribution in [0, 0.1) is 6.92 Å². The molecule has 3 aromatic carbocycles. The van der Waals surface area contributed by atoms with Crippen molar-refractivity contribution in [3.63, 3.8) is 0 Å². The van der Waals surface area contributed by atoms with Gasteiger partial charge in [0, 0.05) is 11.8 Å². The van der Waals surface area contributed by atoms with Crippen LogP contribution in [0.25, 0.3) is 16.6 Å². The summed E-state index contributed by atoms with van der Waals surface area (Å²) in [5, 5.41) is 1.21. The summed E-state index contributed by atoms with van der Waals surface area (Å²) in [5.74, 6) is 1.88. The molecule has 1 aromatic heterocycles. The molecule has 0 amide bonds. The van der Waals surface area contributed by atoms with Crippen LogP contribution in [0.1, 0.15) is 11.1 Å². The highest BCUT2D eigenvalue weighted by Crippen LogP contribution is 2.31. The number of hydrogen-bond acceptors (Lipinski definition) is 5. The van der Waals surface area contributed by atoms with Gasteiger partial charge in [0.05, 0.1) is 30.8 Å². The van der Waals surface area contributed by atoms with Gasteiger partial charge in [0.15, 0.2) is 16.7 Å². The molecule has 152 valence electrons. The van der Waals surface area contributed by atoms with Crippen LogP contribution in [0.2, 0.25) is 0 Å². The van der Waals surface area contributed by atoms with Crippen LogP contribution >= 0.6 is 11.8 Å². The second-order valence-electron chi connectivity index (χ2n) is 6.81. The Kier molecular flexibility index (Phi) is 5.77. The first-order valence-corrected chi connectivity index (χ1v) is 10.5. The quantitative estimate of drug-likeness (QED) is 0.326. The summed E-state index contributed by atoms with van der Waals surface area (Å²) < 4.78 is 12.4. The number of benzene rings is 3. The second kappa shape index (κ2) is 8.63. The topological polar surface area (TPSA) is 53.4 Å². The highest BCUT2D eigenvalue weighted by Gasteiger charge is 2.15. The van der Waals surface area contributed by atoms with E-state index in [1.807, 2.05) is 36.4 Å². The predicted molar refractivity (Wildman–Crippen MR) is 121 cm³/mol. The fraction of sp³-hybridized carbons (Fsp3) is 0.167. The second-order valence-corrected chi connectivity index (χ2v) is 7.75. The van der Waals surface area contributed by atoms with Crippen molar-refractivity contribution in [1.82, 2.24) is 9.55 Å². The summed E-state index contributed by atoms with van der Waals surface area (Å²) in [6.45, 7) is 2.09. The molecule has 0 aliphatic rings. The van der Waals surface area contributed by atoms with Crippen molar-refractivity contribution in [3.8, 4) is 17.2 Å². The number of aryl methyl sites for hydroxylation is 1. The summed E-state index contributed by atoms with van der Waals surface area (Å²) in [6.07, 6.45) is 0. The van der Waals surface area contributed by atoms with Crippen LogP contribution in [0.4, 0.5) is 0 Å². The summed E-state index contributed by atoms with van der Waals surface area (Å²) >= 11 is 1.54. The van der Waals surface area contributed by atoms with E-state index in [1.165, 1.54) is 11.1 Å². The van der Waals surface area contributed by atoms with Gasteiger partial charge in [-0.3, -0.25) is 9.36 Å². The van der Waals surface area contributed by atoms with Crippen molar-refractivity contribution in [3.05, 3.63) is 88.2 Å². The molecule has 30 heavy (non-hydrogen) atoms. The molecule has 0 bridgehead atoms. The summed E-state index contributed by atoms with van der Waals surface area (Å²) in [4.78, 5) is 18.2. The fourth-order valence-electron chi connectivity index (χ4n) is 3.32. The molecule has 0 unspecified atom stereocenters. The minimum absolute atomic E-state index is 0.111. The predicted octanol–water partition coefficient (Wildman–Crippen LogP) is 5.00. The number of thioether (sulfide) groups is 1. The standard InChI is InChI=1S/C24H22N2O3S/c1-16-8-4-5-9-17(16)15-30-24-25-20-11-7-6-10-19(20)23(27)26(24)18-12-13-21(28-2)22(14-18)29-3/h4-14H,15H2,1-3H3. The molecule has 0 saturated carbocycles. The lowest BCUT2D eigenvalue weighted by molar-refractivity contribution is 0.354. The van der Waals surface area contributed by atoms with E-state index >= 15 is 0 Å². The molecular formula is C24H22N2O3S. The van der Waals surface area contributed by atoms with Crippen LogP contribution in [0.15, 0.2) is 76.7 Å². The third-order valence-electron chi connectivity index (χ3n) is 4.99. The normalized spacial score (nSPS) is 10.9. The Morgan fingerprint density at radius 2 is 1.67 bits per heavy atom. The average molecular weight is 419 g/mol. The summed E-state index contributed by atoms with van der Waals surface area (Å²) in [6, 6.07) is 21.1. The lowest BCUT2D eigenvalue weighted by atomic mass is 10.1. The number of fused-ring (bicyclic) bond motifs is 1. The fourth-order valence-corrected chi connectivity index (χ4v) is 4.40. The van der Waals surface area contributed by atoms with Gasteiger partial charge in [-0.25, -0.2) is 4.98 Å². The molecule has 0 aliphatic carbocycles. The summed E-state index contributed by atoms with van der Waals surface area (Å²) in [5.41, 5.74) is 3.68. The highest BCUT2D eigenvalue weighted by atomic mass is 32.2. The number of ether oxygens (including phenoxy) is 2. The smallest absolute Gasteiger partial charge is 0.266 e. The molecule has 0 radical (unpaired) electrons.